The van der Waals surface area contributed by atoms with Crippen molar-refractivity contribution in [2.45, 2.75) is 45.3 Å². The number of anilines is 1. The number of nitrogens with zero attached hydrogens (tertiary/aromatic N) is 4. The fourth-order valence-electron chi connectivity index (χ4n) is 4.91. The number of aromatic nitrogens is 4. The summed E-state index contributed by atoms with van der Waals surface area (Å²) in [6.45, 7) is 4.88. The largest absolute Gasteiger partial charge is 0.385 e. The van der Waals surface area contributed by atoms with Crippen LogP contribution in [-0.2, 0) is 4.79 Å². The minimum atomic E-state index is -1.00. The van der Waals surface area contributed by atoms with Gasteiger partial charge >= 0.3 is 0 Å². The molecule has 4 heterocycles. The van der Waals surface area contributed by atoms with Crippen LogP contribution >= 0.6 is 0 Å². The molecule has 1 unspecified atom stereocenters. The Morgan fingerprint density at radius 2 is 2.19 bits per heavy atom. The highest BCUT2D eigenvalue weighted by Crippen LogP contribution is 2.56. The molecule has 2 fully saturated rings. The number of hydrogen-bond donors (Lipinski definition) is 3. The average Bonchev–Trinajstić information content (AvgIpc) is 3.36. The molecule has 1 spiro atoms. The van der Waals surface area contributed by atoms with Gasteiger partial charge in [0.2, 0.25) is 5.91 Å². The summed E-state index contributed by atoms with van der Waals surface area (Å²) in [6.07, 6.45) is 6.25. The number of hydrogen-bond acceptors (Lipinski definition) is 6. The van der Waals surface area contributed by atoms with Gasteiger partial charge in [-0.1, -0.05) is 0 Å². The molecule has 0 bridgehead atoms. The SMILES string of the molecule is Cc1cc([C@H](O)[C@H](C)NC(=O)C2CCN(c3ncnc4[nH]ccc34)CC23CC3)ncc1F. The lowest BCUT2D eigenvalue weighted by molar-refractivity contribution is -0.129. The molecule has 168 valence electrons. The van der Waals surface area contributed by atoms with Crippen molar-refractivity contribution in [2.24, 2.45) is 11.3 Å². The standard InChI is InChI=1S/C23H27FN6O2/c1-13-9-18(26-10-17(13)24)19(31)14(2)29-22(32)16-4-8-30(11-23(16)5-6-23)21-15-3-7-25-20(15)27-12-28-21/h3,7,9-10,12,14,16,19,31H,4-6,8,11H2,1-2H3,(H,29,32)(H,25,27,28)/t14-,16?,19+/m0/s1. The second-order valence-electron chi connectivity index (χ2n) is 9.16. The monoisotopic (exact) mass is 438 g/mol. The number of aryl methyl sites for hydroxylation is 1. The van der Waals surface area contributed by atoms with Crippen molar-refractivity contribution in [3.8, 4) is 0 Å². The quantitative estimate of drug-likeness (QED) is 0.565. The van der Waals surface area contributed by atoms with Gasteiger partial charge in [-0.15, -0.1) is 0 Å². The van der Waals surface area contributed by atoms with Crippen LogP contribution < -0.4 is 10.2 Å². The van der Waals surface area contributed by atoms with Gasteiger partial charge in [0.05, 0.1) is 23.3 Å². The lowest BCUT2D eigenvalue weighted by Gasteiger charge is -2.39. The van der Waals surface area contributed by atoms with E-state index >= 15 is 0 Å². The molecule has 3 N–H and O–H groups in total. The fraction of sp³-hybridized carbons (Fsp3) is 0.478. The Hall–Kier alpha value is -3.07. The van der Waals surface area contributed by atoms with Gasteiger partial charge in [0, 0.05) is 25.2 Å². The van der Waals surface area contributed by atoms with Gasteiger partial charge in [-0.05, 0) is 56.2 Å². The summed E-state index contributed by atoms with van der Waals surface area (Å²) in [5.41, 5.74) is 1.52. The molecule has 5 rings (SSSR count). The number of carbonyl (C=O) groups is 1. The van der Waals surface area contributed by atoms with Gasteiger partial charge in [0.1, 0.15) is 29.7 Å². The molecule has 9 heteroatoms. The summed E-state index contributed by atoms with van der Waals surface area (Å²) in [5.74, 6) is 0.338. The second-order valence-corrected chi connectivity index (χ2v) is 9.16. The average molecular weight is 439 g/mol. The Morgan fingerprint density at radius 1 is 1.38 bits per heavy atom. The van der Waals surface area contributed by atoms with Crippen LogP contribution in [0.5, 0.6) is 0 Å². The number of rotatable bonds is 5. The van der Waals surface area contributed by atoms with Crippen molar-refractivity contribution in [2.75, 3.05) is 18.0 Å². The summed E-state index contributed by atoms with van der Waals surface area (Å²) in [7, 11) is 0. The number of pyridine rings is 1. The molecule has 32 heavy (non-hydrogen) atoms. The number of H-pyrrole nitrogens is 1. The zero-order valence-corrected chi connectivity index (χ0v) is 18.2. The van der Waals surface area contributed by atoms with Crippen molar-refractivity contribution in [1.29, 1.82) is 0 Å². The van der Waals surface area contributed by atoms with Gasteiger partial charge in [-0.25, -0.2) is 14.4 Å². The number of aromatic amines is 1. The molecular weight excluding hydrogens is 411 g/mol. The number of fused-ring (bicyclic) bond motifs is 1. The fourth-order valence-corrected chi connectivity index (χ4v) is 4.91. The van der Waals surface area contributed by atoms with Crippen LogP contribution in [0.1, 0.15) is 43.5 Å². The lowest BCUT2D eigenvalue weighted by atomic mass is 9.81. The number of aliphatic hydroxyl groups is 1. The van der Waals surface area contributed by atoms with Crippen LogP contribution in [0, 0.1) is 24.1 Å². The van der Waals surface area contributed by atoms with Crippen LogP contribution in [0.2, 0.25) is 0 Å². The maximum Gasteiger partial charge on any atom is 0.224 e. The minimum absolute atomic E-state index is 0.0398. The van der Waals surface area contributed by atoms with E-state index in [1.165, 1.54) is 6.07 Å². The highest BCUT2D eigenvalue weighted by atomic mass is 19.1. The van der Waals surface area contributed by atoms with Crippen molar-refractivity contribution in [1.82, 2.24) is 25.3 Å². The molecule has 0 aromatic carbocycles. The topological polar surface area (TPSA) is 107 Å². The minimum Gasteiger partial charge on any atom is -0.385 e. The molecule has 1 aliphatic heterocycles. The number of aliphatic hydroxyl groups excluding tert-OH is 1. The summed E-state index contributed by atoms with van der Waals surface area (Å²) in [5, 5.41) is 14.6. The molecule has 1 saturated carbocycles. The number of carbonyl (C=O) groups excluding carboxylic acids is 1. The summed E-state index contributed by atoms with van der Waals surface area (Å²) in [4.78, 5) is 31.3. The van der Waals surface area contributed by atoms with E-state index in [9.17, 15) is 14.3 Å². The van der Waals surface area contributed by atoms with E-state index < -0.39 is 18.0 Å². The first-order valence-electron chi connectivity index (χ1n) is 11.0. The highest BCUT2D eigenvalue weighted by Gasteiger charge is 2.55. The molecule has 1 amide bonds. The van der Waals surface area contributed by atoms with Crippen LogP contribution in [0.4, 0.5) is 10.2 Å². The number of amides is 1. The van der Waals surface area contributed by atoms with Gasteiger partial charge < -0.3 is 20.3 Å². The van der Waals surface area contributed by atoms with Gasteiger partial charge in [0.15, 0.2) is 0 Å². The van der Waals surface area contributed by atoms with Crippen LogP contribution in [0.3, 0.4) is 0 Å². The van der Waals surface area contributed by atoms with Crippen LogP contribution in [0.15, 0.2) is 30.9 Å². The van der Waals surface area contributed by atoms with E-state index in [4.69, 9.17) is 0 Å². The molecule has 8 nitrogen and oxygen atoms in total. The predicted octanol–water partition coefficient (Wildman–Crippen LogP) is 2.65. The Balaban J connectivity index is 1.27. The van der Waals surface area contributed by atoms with Crippen molar-refractivity contribution < 1.29 is 14.3 Å². The molecule has 2 aliphatic rings. The number of nitrogens with one attached hydrogen (secondary N) is 2. The first-order chi connectivity index (χ1) is 15.4. The molecule has 1 saturated heterocycles. The van der Waals surface area contributed by atoms with Gasteiger partial charge in [0.25, 0.3) is 0 Å². The van der Waals surface area contributed by atoms with Crippen molar-refractivity contribution in [3.63, 3.8) is 0 Å². The Morgan fingerprint density at radius 3 is 2.94 bits per heavy atom. The predicted molar refractivity (Wildman–Crippen MR) is 117 cm³/mol. The zero-order valence-electron chi connectivity index (χ0n) is 18.2. The number of piperidine rings is 1. The first kappa shape index (κ1) is 20.8. The molecular formula is C23H27FN6O2. The molecule has 0 radical (unpaired) electrons. The molecule has 3 aromatic heterocycles. The third-order valence-electron chi connectivity index (χ3n) is 6.99. The Labute approximate surface area is 185 Å². The van der Waals surface area contributed by atoms with E-state index in [2.05, 4.69) is 30.2 Å². The molecule has 3 aromatic rings. The highest BCUT2D eigenvalue weighted by molar-refractivity contribution is 5.87. The maximum absolute atomic E-state index is 13.5. The smallest absolute Gasteiger partial charge is 0.224 e. The number of halogens is 1. The van der Waals surface area contributed by atoms with E-state index in [1.54, 1.807) is 20.2 Å². The van der Waals surface area contributed by atoms with E-state index in [0.717, 1.165) is 55.4 Å². The summed E-state index contributed by atoms with van der Waals surface area (Å²) >= 11 is 0. The van der Waals surface area contributed by atoms with E-state index in [1.807, 2.05) is 12.3 Å². The maximum atomic E-state index is 13.5. The van der Waals surface area contributed by atoms with Crippen molar-refractivity contribution in [3.05, 3.63) is 47.9 Å². The zero-order chi connectivity index (χ0) is 22.5. The van der Waals surface area contributed by atoms with Crippen molar-refractivity contribution >= 4 is 22.8 Å². The summed E-state index contributed by atoms with van der Waals surface area (Å²) in [6, 6.07) is 2.97. The van der Waals surface area contributed by atoms with E-state index in [0.29, 0.717) is 11.3 Å². The van der Waals surface area contributed by atoms with Gasteiger partial charge in [-0.3, -0.25) is 9.78 Å². The normalized spacial score (nSPS) is 21.5. The Bertz CT molecular complexity index is 1160. The second kappa shape index (κ2) is 7.81. The van der Waals surface area contributed by atoms with Crippen LogP contribution in [-0.4, -0.2) is 50.1 Å². The Kier molecular flexibility index (Phi) is 5.08. The van der Waals surface area contributed by atoms with Crippen LogP contribution in [0.25, 0.3) is 11.0 Å². The van der Waals surface area contributed by atoms with Gasteiger partial charge in [-0.2, -0.15) is 0 Å². The lowest BCUT2D eigenvalue weighted by Crippen LogP contribution is -2.50. The third-order valence-corrected chi connectivity index (χ3v) is 6.99. The van der Waals surface area contributed by atoms with E-state index in [-0.39, 0.29) is 17.2 Å². The molecule has 3 atom stereocenters. The summed E-state index contributed by atoms with van der Waals surface area (Å²) < 4.78 is 13.5. The third kappa shape index (κ3) is 3.60. The molecule has 1 aliphatic carbocycles. The first-order valence-corrected chi connectivity index (χ1v) is 11.0.